The van der Waals surface area contributed by atoms with Crippen LogP contribution in [0, 0.1) is 6.92 Å². The van der Waals surface area contributed by atoms with Crippen LogP contribution >= 0.6 is 23.1 Å². The summed E-state index contributed by atoms with van der Waals surface area (Å²) in [6.45, 7) is 2.19. The normalized spacial score (nSPS) is 11.0. The van der Waals surface area contributed by atoms with Gasteiger partial charge in [0.25, 0.3) is 0 Å². The summed E-state index contributed by atoms with van der Waals surface area (Å²) in [7, 11) is 4.83. The molecule has 0 aliphatic carbocycles. The number of aryl methyl sites for hydroxylation is 1. The molecule has 1 amide bonds. The Balaban J connectivity index is 2.33. The maximum Gasteiger partial charge on any atom is 0.409 e. The van der Waals surface area contributed by atoms with Crippen molar-refractivity contribution in [3.05, 3.63) is 23.4 Å². The SMILES string of the molecule is COCc1cc(OC)c(-c2c(SC)sc3c(NC(=O)O)c(C)nn23)c(OC)c1. The van der Waals surface area contributed by atoms with Gasteiger partial charge in [0.05, 0.1) is 36.3 Å². The van der Waals surface area contributed by atoms with Gasteiger partial charge in [-0.3, -0.25) is 5.32 Å². The quantitative estimate of drug-likeness (QED) is 0.546. The molecule has 0 unspecified atom stereocenters. The molecule has 3 aromatic rings. The standard InChI is InChI=1S/C18H21N3O5S2/c1-9-14(19-18(22)23)16-21(20-9)15(17(27-5)28-16)13-11(25-3)6-10(8-24-2)7-12(13)26-4/h6-7,19H,8H2,1-5H3,(H,22,23). The highest BCUT2D eigenvalue weighted by atomic mass is 32.2. The van der Waals surface area contributed by atoms with E-state index in [1.807, 2.05) is 18.4 Å². The zero-order chi connectivity index (χ0) is 20.4. The Morgan fingerprint density at radius 1 is 1.29 bits per heavy atom. The smallest absolute Gasteiger partial charge is 0.409 e. The summed E-state index contributed by atoms with van der Waals surface area (Å²) in [5.74, 6) is 1.25. The van der Waals surface area contributed by atoms with Gasteiger partial charge in [-0.25, -0.2) is 9.31 Å². The molecule has 0 saturated carbocycles. The lowest BCUT2D eigenvalue weighted by Crippen LogP contribution is -2.07. The van der Waals surface area contributed by atoms with Crippen LogP contribution in [0.1, 0.15) is 11.3 Å². The van der Waals surface area contributed by atoms with Gasteiger partial charge in [-0.1, -0.05) is 0 Å². The molecule has 0 bridgehead atoms. The minimum atomic E-state index is -1.13. The van der Waals surface area contributed by atoms with E-state index in [9.17, 15) is 4.79 Å². The second kappa shape index (κ2) is 8.29. The zero-order valence-electron chi connectivity index (χ0n) is 16.2. The number of anilines is 1. The van der Waals surface area contributed by atoms with Gasteiger partial charge in [0.2, 0.25) is 0 Å². The van der Waals surface area contributed by atoms with E-state index in [1.165, 1.54) is 11.3 Å². The predicted molar refractivity (Wildman–Crippen MR) is 110 cm³/mol. The Hall–Kier alpha value is -2.43. The van der Waals surface area contributed by atoms with E-state index in [2.05, 4.69) is 10.4 Å². The Kier molecular flexibility index (Phi) is 6.01. The molecule has 0 aliphatic rings. The third kappa shape index (κ3) is 3.50. The number of hydrogen-bond donors (Lipinski definition) is 2. The fourth-order valence-electron chi connectivity index (χ4n) is 3.02. The van der Waals surface area contributed by atoms with Crippen molar-refractivity contribution in [2.75, 3.05) is 32.9 Å². The number of carbonyl (C=O) groups is 1. The number of amides is 1. The van der Waals surface area contributed by atoms with Gasteiger partial charge in [-0.05, 0) is 30.9 Å². The molecule has 0 spiro atoms. The number of rotatable bonds is 7. The molecule has 2 aromatic heterocycles. The zero-order valence-corrected chi connectivity index (χ0v) is 17.8. The third-order valence-corrected chi connectivity index (χ3v) is 6.41. The summed E-state index contributed by atoms with van der Waals surface area (Å²) < 4.78 is 19.3. The molecule has 0 aliphatic heterocycles. The number of benzene rings is 1. The minimum Gasteiger partial charge on any atom is -0.496 e. The van der Waals surface area contributed by atoms with E-state index in [0.717, 1.165) is 21.0 Å². The molecule has 0 radical (unpaired) electrons. The molecule has 1 aromatic carbocycles. The fraction of sp³-hybridized carbons (Fsp3) is 0.333. The summed E-state index contributed by atoms with van der Waals surface area (Å²) in [6.07, 6.45) is 0.835. The number of nitrogens with zero attached hydrogens (tertiary/aromatic N) is 2. The van der Waals surface area contributed by atoms with Crippen molar-refractivity contribution in [1.29, 1.82) is 0 Å². The predicted octanol–water partition coefficient (Wildman–Crippen LogP) is 4.35. The summed E-state index contributed by atoms with van der Waals surface area (Å²) in [5, 5.41) is 16.2. The molecule has 2 heterocycles. The van der Waals surface area contributed by atoms with E-state index >= 15 is 0 Å². The number of thioether (sulfide) groups is 1. The lowest BCUT2D eigenvalue weighted by molar-refractivity contribution is 0.184. The van der Waals surface area contributed by atoms with Crippen LogP contribution in [0.2, 0.25) is 0 Å². The van der Waals surface area contributed by atoms with Crippen LogP contribution < -0.4 is 14.8 Å². The Labute approximate surface area is 170 Å². The first-order valence-corrected chi connectivity index (χ1v) is 10.3. The minimum absolute atomic E-state index is 0.426. The van der Waals surface area contributed by atoms with Crippen molar-refractivity contribution >= 4 is 39.7 Å². The highest BCUT2D eigenvalue weighted by Gasteiger charge is 2.26. The number of carboxylic acid groups (broad SMARTS) is 1. The van der Waals surface area contributed by atoms with Gasteiger partial charge in [0, 0.05) is 7.11 Å². The number of aromatic nitrogens is 2. The van der Waals surface area contributed by atoms with Crippen LogP contribution in [0.25, 0.3) is 16.1 Å². The van der Waals surface area contributed by atoms with E-state index < -0.39 is 6.09 Å². The summed E-state index contributed by atoms with van der Waals surface area (Å²) in [6, 6.07) is 3.81. The van der Waals surface area contributed by atoms with Crippen LogP contribution in [-0.4, -0.2) is 48.4 Å². The molecule has 8 nitrogen and oxygen atoms in total. The van der Waals surface area contributed by atoms with Crippen molar-refractivity contribution < 1.29 is 24.1 Å². The molecule has 0 atom stereocenters. The van der Waals surface area contributed by atoms with Crippen molar-refractivity contribution in [3.8, 4) is 22.8 Å². The van der Waals surface area contributed by atoms with Gasteiger partial charge in [-0.15, -0.1) is 23.1 Å². The summed E-state index contributed by atoms with van der Waals surface area (Å²) in [5.41, 5.74) is 3.54. The summed E-state index contributed by atoms with van der Waals surface area (Å²) >= 11 is 3.02. The average molecular weight is 424 g/mol. The summed E-state index contributed by atoms with van der Waals surface area (Å²) in [4.78, 5) is 11.9. The number of fused-ring (bicyclic) bond motifs is 1. The number of ether oxygens (including phenoxy) is 3. The molecule has 10 heteroatoms. The largest absolute Gasteiger partial charge is 0.496 e. The highest BCUT2D eigenvalue weighted by Crippen LogP contribution is 2.48. The van der Waals surface area contributed by atoms with E-state index in [0.29, 0.717) is 34.3 Å². The number of thiazole rings is 1. The molecular formula is C18H21N3O5S2. The van der Waals surface area contributed by atoms with Gasteiger partial charge in [0.1, 0.15) is 27.7 Å². The Morgan fingerprint density at radius 3 is 2.43 bits per heavy atom. The molecule has 0 saturated heterocycles. The van der Waals surface area contributed by atoms with Gasteiger partial charge in [0.15, 0.2) is 0 Å². The van der Waals surface area contributed by atoms with Crippen LogP contribution in [0.15, 0.2) is 16.3 Å². The number of hydrogen-bond acceptors (Lipinski definition) is 7. The van der Waals surface area contributed by atoms with E-state index in [-0.39, 0.29) is 0 Å². The van der Waals surface area contributed by atoms with Crippen molar-refractivity contribution in [2.24, 2.45) is 0 Å². The fourth-order valence-corrected chi connectivity index (χ4v) is 4.95. The number of methoxy groups -OCH3 is 3. The van der Waals surface area contributed by atoms with Crippen molar-refractivity contribution in [2.45, 2.75) is 17.7 Å². The first kappa shape index (κ1) is 20.3. The first-order valence-electron chi connectivity index (χ1n) is 8.25. The van der Waals surface area contributed by atoms with E-state index in [4.69, 9.17) is 19.3 Å². The lowest BCUT2D eigenvalue weighted by atomic mass is 10.1. The molecule has 2 N–H and O–H groups in total. The topological polar surface area (TPSA) is 94.3 Å². The second-order valence-electron chi connectivity index (χ2n) is 5.86. The lowest BCUT2D eigenvalue weighted by Gasteiger charge is -2.15. The Bertz CT molecular complexity index is 1000. The number of nitrogens with one attached hydrogen (secondary N) is 1. The molecule has 3 rings (SSSR count). The van der Waals surface area contributed by atoms with Gasteiger partial charge < -0.3 is 19.3 Å². The van der Waals surface area contributed by atoms with Crippen LogP contribution in [0.4, 0.5) is 10.5 Å². The maximum atomic E-state index is 11.2. The van der Waals surface area contributed by atoms with Gasteiger partial charge in [-0.2, -0.15) is 5.10 Å². The van der Waals surface area contributed by atoms with Crippen LogP contribution in [0.5, 0.6) is 11.5 Å². The average Bonchev–Trinajstić information content (AvgIpc) is 3.16. The molecule has 28 heavy (non-hydrogen) atoms. The second-order valence-corrected chi connectivity index (χ2v) is 7.93. The first-order chi connectivity index (χ1) is 13.4. The highest BCUT2D eigenvalue weighted by molar-refractivity contribution is 8.00. The van der Waals surface area contributed by atoms with Gasteiger partial charge >= 0.3 is 6.09 Å². The third-order valence-electron chi connectivity index (χ3n) is 4.14. The van der Waals surface area contributed by atoms with Crippen molar-refractivity contribution in [3.63, 3.8) is 0 Å². The Morgan fingerprint density at radius 2 is 1.93 bits per heavy atom. The molecule has 0 fully saturated rings. The molecule has 150 valence electrons. The monoisotopic (exact) mass is 423 g/mol. The van der Waals surface area contributed by atoms with E-state index in [1.54, 1.807) is 44.5 Å². The van der Waals surface area contributed by atoms with Crippen LogP contribution in [0.3, 0.4) is 0 Å². The van der Waals surface area contributed by atoms with Crippen LogP contribution in [-0.2, 0) is 11.3 Å². The van der Waals surface area contributed by atoms with Crippen molar-refractivity contribution in [1.82, 2.24) is 9.61 Å². The maximum absolute atomic E-state index is 11.2. The molecular weight excluding hydrogens is 402 g/mol.